The summed E-state index contributed by atoms with van der Waals surface area (Å²) < 4.78 is 46.5. The summed E-state index contributed by atoms with van der Waals surface area (Å²) in [5.41, 5.74) is -0.598. The quantitative estimate of drug-likeness (QED) is 0.587. The Kier molecular flexibility index (Phi) is 6.26. The van der Waals surface area contributed by atoms with Crippen LogP contribution in [0, 0.1) is 0 Å². The average Bonchev–Trinajstić information content (AvgIpc) is 2.74. The monoisotopic (exact) mass is 371 g/mol. The van der Waals surface area contributed by atoms with Gasteiger partial charge >= 0.3 is 13.7 Å². The molecule has 6 nitrogen and oxygen atoms in total. The zero-order valence-electron chi connectivity index (χ0n) is 15.6. The van der Waals surface area contributed by atoms with Crippen LogP contribution in [0.1, 0.15) is 38.1 Å². The van der Waals surface area contributed by atoms with Gasteiger partial charge < -0.3 is 24.1 Å². The molecule has 0 atom stereocenters. The molecule has 0 unspecified atom stereocenters. The van der Waals surface area contributed by atoms with Crippen molar-refractivity contribution in [2.45, 2.75) is 45.5 Å². The number of nitrogens with one attached hydrogen (secondary N) is 1. The molecule has 1 aliphatic rings. The molecule has 1 aromatic rings. The molecule has 0 spiro atoms. The second-order valence-corrected chi connectivity index (χ2v) is 7.01. The summed E-state index contributed by atoms with van der Waals surface area (Å²) in [5.74, 6) is -0.566. The maximum Gasteiger partial charge on any atom is 0.494 e. The van der Waals surface area contributed by atoms with Crippen molar-refractivity contribution in [2.24, 2.45) is 0 Å². The van der Waals surface area contributed by atoms with E-state index in [9.17, 15) is 13.6 Å². The standard InChI is InChI=1S/C17H24BF2NO5/c1-16(2)17(3,4)26-18(25-16)12-8-11(14(22)21-6-7-23-5)9-13(10-12)24-15(19)20/h8-10,15H,6-7H2,1-5H3,(H,21,22). The number of methoxy groups -OCH3 is 1. The number of carbonyl (C=O) groups is 1. The van der Waals surface area contributed by atoms with Crippen LogP contribution < -0.4 is 15.5 Å². The minimum absolute atomic E-state index is 0.135. The van der Waals surface area contributed by atoms with E-state index in [0.29, 0.717) is 18.6 Å². The Morgan fingerprint density at radius 2 is 1.81 bits per heavy atom. The third-order valence-electron chi connectivity index (χ3n) is 4.53. The number of amides is 1. The Labute approximate surface area is 152 Å². The minimum Gasteiger partial charge on any atom is -0.435 e. The first kappa shape index (κ1) is 20.6. The van der Waals surface area contributed by atoms with Gasteiger partial charge in [-0.2, -0.15) is 8.78 Å². The lowest BCUT2D eigenvalue weighted by atomic mass is 9.78. The molecule has 144 valence electrons. The molecule has 0 aromatic heterocycles. The summed E-state index contributed by atoms with van der Waals surface area (Å²) in [6.07, 6.45) is 0. The van der Waals surface area contributed by atoms with E-state index in [1.165, 1.54) is 19.2 Å². The second-order valence-electron chi connectivity index (χ2n) is 7.01. The zero-order chi connectivity index (χ0) is 19.5. The smallest absolute Gasteiger partial charge is 0.435 e. The highest BCUT2D eigenvalue weighted by Gasteiger charge is 2.51. The molecule has 26 heavy (non-hydrogen) atoms. The van der Waals surface area contributed by atoms with Crippen molar-refractivity contribution in [3.05, 3.63) is 23.8 Å². The summed E-state index contributed by atoms with van der Waals surface area (Å²) in [6.45, 7) is 5.14. The van der Waals surface area contributed by atoms with E-state index < -0.39 is 30.8 Å². The molecule has 0 saturated carbocycles. The van der Waals surface area contributed by atoms with Crippen LogP contribution in [0.4, 0.5) is 8.78 Å². The van der Waals surface area contributed by atoms with Crippen LogP contribution in [0.2, 0.25) is 0 Å². The molecule has 2 rings (SSSR count). The first-order valence-electron chi connectivity index (χ1n) is 8.28. The summed E-state index contributed by atoms with van der Waals surface area (Å²) in [6, 6.07) is 4.19. The van der Waals surface area contributed by atoms with Crippen molar-refractivity contribution in [1.82, 2.24) is 5.32 Å². The lowest BCUT2D eigenvalue weighted by Crippen LogP contribution is -2.41. The van der Waals surface area contributed by atoms with Gasteiger partial charge in [0.1, 0.15) is 5.75 Å². The highest BCUT2D eigenvalue weighted by molar-refractivity contribution is 6.62. The average molecular weight is 371 g/mol. The fourth-order valence-corrected chi connectivity index (χ4v) is 2.41. The Morgan fingerprint density at radius 1 is 1.19 bits per heavy atom. The van der Waals surface area contributed by atoms with E-state index >= 15 is 0 Å². The number of alkyl halides is 2. The molecule has 1 amide bonds. The van der Waals surface area contributed by atoms with Crippen LogP contribution in [0.3, 0.4) is 0 Å². The van der Waals surface area contributed by atoms with Crippen LogP contribution in [-0.2, 0) is 14.0 Å². The van der Waals surface area contributed by atoms with Crippen molar-refractivity contribution in [3.8, 4) is 5.75 Å². The van der Waals surface area contributed by atoms with E-state index in [0.717, 1.165) is 0 Å². The summed E-state index contributed by atoms with van der Waals surface area (Å²) in [5, 5.41) is 2.64. The largest absolute Gasteiger partial charge is 0.494 e. The summed E-state index contributed by atoms with van der Waals surface area (Å²) in [4.78, 5) is 12.3. The van der Waals surface area contributed by atoms with E-state index in [1.807, 2.05) is 27.7 Å². The van der Waals surface area contributed by atoms with Crippen LogP contribution in [-0.4, -0.2) is 51.1 Å². The normalized spacial score (nSPS) is 18.2. The van der Waals surface area contributed by atoms with Crippen molar-refractivity contribution in [2.75, 3.05) is 20.3 Å². The highest BCUT2D eigenvalue weighted by Crippen LogP contribution is 2.36. The SMILES string of the molecule is COCCNC(=O)c1cc(OC(F)F)cc(B2OC(C)(C)C(C)(C)O2)c1. The minimum atomic E-state index is -3.01. The fourth-order valence-electron chi connectivity index (χ4n) is 2.41. The van der Waals surface area contributed by atoms with Gasteiger partial charge in [-0.3, -0.25) is 4.79 Å². The third-order valence-corrected chi connectivity index (χ3v) is 4.53. The summed E-state index contributed by atoms with van der Waals surface area (Å²) >= 11 is 0. The molecule has 9 heteroatoms. The van der Waals surface area contributed by atoms with Gasteiger partial charge in [0.2, 0.25) is 0 Å². The zero-order valence-corrected chi connectivity index (χ0v) is 15.6. The fraction of sp³-hybridized carbons (Fsp3) is 0.588. The Balaban J connectivity index is 2.30. The predicted molar refractivity (Wildman–Crippen MR) is 93.0 cm³/mol. The lowest BCUT2D eigenvalue weighted by molar-refractivity contribution is -0.0498. The van der Waals surface area contributed by atoms with E-state index in [2.05, 4.69) is 10.1 Å². The molecule has 1 N–H and O–H groups in total. The van der Waals surface area contributed by atoms with Gasteiger partial charge in [0.05, 0.1) is 17.8 Å². The number of ether oxygens (including phenoxy) is 2. The predicted octanol–water partition coefficient (Wildman–Crippen LogP) is 1.96. The Hall–Kier alpha value is -1.71. The van der Waals surface area contributed by atoms with E-state index in [-0.39, 0.29) is 11.3 Å². The van der Waals surface area contributed by atoms with Gasteiger partial charge in [-0.25, -0.2) is 0 Å². The molecule has 1 heterocycles. The lowest BCUT2D eigenvalue weighted by Gasteiger charge is -2.32. The molecular weight excluding hydrogens is 347 g/mol. The van der Waals surface area contributed by atoms with Crippen LogP contribution in [0.5, 0.6) is 5.75 Å². The number of carbonyl (C=O) groups excluding carboxylic acids is 1. The van der Waals surface area contributed by atoms with Crippen molar-refractivity contribution < 1.29 is 32.4 Å². The molecule has 0 aliphatic carbocycles. The number of halogens is 2. The molecule has 1 aliphatic heterocycles. The molecule has 1 saturated heterocycles. The van der Waals surface area contributed by atoms with Gasteiger partial charge in [-0.05, 0) is 51.4 Å². The van der Waals surface area contributed by atoms with Crippen LogP contribution in [0.25, 0.3) is 0 Å². The first-order valence-corrected chi connectivity index (χ1v) is 8.28. The first-order chi connectivity index (χ1) is 12.1. The Morgan fingerprint density at radius 3 is 2.35 bits per heavy atom. The number of rotatable bonds is 7. The van der Waals surface area contributed by atoms with Gasteiger partial charge in [0.15, 0.2) is 0 Å². The van der Waals surface area contributed by atoms with E-state index in [4.69, 9.17) is 14.0 Å². The molecular formula is C17H24BF2NO5. The van der Waals surface area contributed by atoms with Crippen molar-refractivity contribution in [1.29, 1.82) is 0 Å². The van der Waals surface area contributed by atoms with Gasteiger partial charge in [0, 0.05) is 19.2 Å². The number of hydrogen-bond acceptors (Lipinski definition) is 5. The van der Waals surface area contributed by atoms with Crippen molar-refractivity contribution in [3.63, 3.8) is 0 Å². The van der Waals surface area contributed by atoms with Gasteiger partial charge in [-0.1, -0.05) is 0 Å². The number of hydrogen-bond donors (Lipinski definition) is 1. The molecule has 0 radical (unpaired) electrons. The molecule has 1 fully saturated rings. The van der Waals surface area contributed by atoms with Crippen molar-refractivity contribution >= 4 is 18.5 Å². The molecule has 1 aromatic carbocycles. The Bertz CT molecular complexity index is 638. The van der Waals surface area contributed by atoms with E-state index in [1.54, 1.807) is 6.07 Å². The number of benzene rings is 1. The third kappa shape index (κ3) is 4.72. The maximum absolute atomic E-state index is 12.7. The topological polar surface area (TPSA) is 66.0 Å². The maximum atomic E-state index is 12.7. The van der Waals surface area contributed by atoms with Gasteiger partial charge in [0.25, 0.3) is 5.91 Å². The second kappa shape index (κ2) is 7.90. The summed E-state index contributed by atoms with van der Waals surface area (Å²) in [7, 11) is 0.714. The highest BCUT2D eigenvalue weighted by atomic mass is 19.3. The molecule has 0 bridgehead atoms. The van der Waals surface area contributed by atoms with Crippen LogP contribution >= 0.6 is 0 Å². The van der Waals surface area contributed by atoms with Crippen LogP contribution in [0.15, 0.2) is 18.2 Å². The van der Waals surface area contributed by atoms with Gasteiger partial charge in [-0.15, -0.1) is 0 Å².